The molecule has 0 atom stereocenters. The van der Waals surface area contributed by atoms with Gasteiger partial charge in [0.15, 0.2) is 5.71 Å². The Bertz CT molecular complexity index is 444. The van der Waals surface area contributed by atoms with Gasteiger partial charge < -0.3 is 19.6 Å². The molecule has 7 heteroatoms. The summed E-state index contributed by atoms with van der Waals surface area (Å²) in [5.41, 5.74) is -1.03. The molecule has 1 saturated heterocycles. The summed E-state index contributed by atoms with van der Waals surface area (Å²) in [4.78, 5) is 29.7. The number of hydrogen-bond donors (Lipinski definition) is 1. The highest BCUT2D eigenvalue weighted by Crippen LogP contribution is 2.35. The van der Waals surface area contributed by atoms with Crippen molar-refractivity contribution in [1.82, 2.24) is 4.90 Å². The third-order valence-corrected chi connectivity index (χ3v) is 3.41. The Hall–Kier alpha value is -1.79. The number of carboxylic acid groups (broad SMARTS) is 1. The Kier molecular flexibility index (Phi) is 3.62. The second-order valence-corrected chi connectivity index (χ2v) is 6.26. The summed E-state index contributed by atoms with van der Waals surface area (Å²) < 4.78 is 5.31. The van der Waals surface area contributed by atoms with Crippen molar-refractivity contribution in [3.8, 4) is 0 Å². The first-order chi connectivity index (χ1) is 9.21. The van der Waals surface area contributed by atoms with Crippen LogP contribution in [-0.4, -0.2) is 52.1 Å². The molecule has 0 aromatic carbocycles. The van der Waals surface area contributed by atoms with Crippen molar-refractivity contribution in [2.24, 2.45) is 5.16 Å². The average molecular weight is 284 g/mol. The van der Waals surface area contributed by atoms with Crippen molar-refractivity contribution >= 4 is 17.8 Å². The summed E-state index contributed by atoms with van der Waals surface area (Å²) in [7, 11) is 0. The summed E-state index contributed by atoms with van der Waals surface area (Å²) in [5.74, 6) is -1.04. The van der Waals surface area contributed by atoms with Gasteiger partial charge in [0, 0.05) is 32.4 Å². The lowest BCUT2D eigenvalue weighted by Crippen LogP contribution is -2.48. The Morgan fingerprint density at radius 1 is 1.35 bits per heavy atom. The van der Waals surface area contributed by atoms with Gasteiger partial charge in [0.2, 0.25) is 0 Å². The number of hydrogen-bond acceptors (Lipinski definition) is 5. The fraction of sp³-hybridized carbons (Fsp3) is 0.769. The maximum absolute atomic E-state index is 11.9. The highest BCUT2D eigenvalue weighted by molar-refractivity contribution is 6.36. The number of piperidine rings is 1. The first kappa shape index (κ1) is 14.6. The number of oxime groups is 1. The van der Waals surface area contributed by atoms with Crippen LogP contribution in [0.5, 0.6) is 0 Å². The zero-order chi connectivity index (χ0) is 15.0. The summed E-state index contributed by atoms with van der Waals surface area (Å²) in [6.45, 7) is 6.44. The van der Waals surface area contributed by atoms with Gasteiger partial charge in [-0.15, -0.1) is 0 Å². The molecule has 112 valence electrons. The SMILES string of the molecule is CC(C)(C)OC(=O)N1CCC2(CC1)CC(C(=O)O)=NO2. The molecular formula is C13H20N2O5. The van der Waals surface area contributed by atoms with Gasteiger partial charge in [0.25, 0.3) is 0 Å². The highest BCUT2D eigenvalue weighted by atomic mass is 16.7. The van der Waals surface area contributed by atoms with E-state index < -0.39 is 17.2 Å². The van der Waals surface area contributed by atoms with Crippen LogP contribution in [0.4, 0.5) is 4.79 Å². The second-order valence-electron chi connectivity index (χ2n) is 6.26. The lowest BCUT2D eigenvalue weighted by Gasteiger charge is -2.37. The Labute approximate surface area is 117 Å². The first-order valence-corrected chi connectivity index (χ1v) is 6.67. The molecule has 0 unspecified atom stereocenters. The number of aliphatic carboxylic acids is 1. The van der Waals surface area contributed by atoms with Crippen molar-refractivity contribution in [3.63, 3.8) is 0 Å². The van der Waals surface area contributed by atoms with Gasteiger partial charge in [-0.2, -0.15) is 0 Å². The van der Waals surface area contributed by atoms with Crippen LogP contribution in [0.2, 0.25) is 0 Å². The lowest BCUT2D eigenvalue weighted by atomic mass is 9.87. The quantitative estimate of drug-likeness (QED) is 0.790. The van der Waals surface area contributed by atoms with Gasteiger partial charge in [0.05, 0.1) is 0 Å². The van der Waals surface area contributed by atoms with Crippen molar-refractivity contribution < 1.29 is 24.3 Å². The highest BCUT2D eigenvalue weighted by Gasteiger charge is 2.45. The molecule has 0 aromatic rings. The predicted molar refractivity (Wildman–Crippen MR) is 70.5 cm³/mol. The largest absolute Gasteiger partial charge is 0.477 e. The zero-order valence-corrected chi connectivity index (χ0v) is 12.0. The van der Waals surface area contributed by atoms with Crippen molar-refractivity contribution in [1.29, 1.82) is 0 Å². The third-order valence-electron chi connectivity index (χ3n) is 3.41. The molecule has 0 radical (unpaired) electrons. The Balaban J connectivity index is 1.88. The minimum Gasteiger partial charge on any atom is -0.477 e. The molecule has 2 rings (SSSR count). The zero-order valence-electron chi connectivity index (χ0n) is 12.0. The van der Waals surface area contributed by atoms with Crippen LogP contribution >= 0.6 is 0 Å². The molecular weight excluding hydrogens is 264 g/mol. The molecule has 0 bridgehead atoms. The average Bonchev–Trinajstić information content (AvgIpc) is 2.72. The summed E-state index contributed by atoms with van der Waals surface area (Å²) in [5, 5.41) is 12.5. The van der Waals surface area contributed by atoms with Crippen LogP contribution in [0.1, 0.15) is 40.0 Å². The number of carboxylic acids is 1. The minimum atomic E-state index is -1.04. The maximum Gasteiger partial charge on any atom is 0.410 e. The second kappa shape index (κ2) is 4.96. The van der Waals surface area contributed by atoms with E-state index in [0.717, 1.165) is 0 Å². The molecule has 2 heterocycles. The Morgan fingerprint density at radius 3 is 2.40 bits per heavy atom. The monoisotopic (exact) mass is 284 g/mol. The fourth-order valence-electron chi connectivity index (χ4n) is 2.33. The Morgan fingerprint density at radius 2 is 1.95 bits per heavy atom. The molecule has 0 aliphatic carbocycles. The van der Waals surface area contributed by atoms with Gasteiger partial charge in [-0.3, -0.25) is 0 Å². The van der Waals surface area contributed by atoms with Gasteiger partial charge in [0.1, 0.15) is 11.2 Å². The number of nitrogens with zero attached hydrogens (tertiary/aromatic N) is 2. The van der Waals surface area contributed by atoms with E-state index >= 15 is 0 Å². The van der Waals surface area contributed by atoms with E-state index in [0.29, 0.717) is 32.4 Å². The number of ether oxygens (including phenoxy) is 1. The van der Waals surface area contributed by atoms with E-state index in [-0.39, 0.29) is 11.8 Å². The molecule has 2 aliphatic heterocycles. The number of rotatable bonds is 1. The minimum absolute atomic E-state index is 0.0516. The standard InChI is InChI=1S/C13H20N2O5/c1-12(2,3)19-11(18)15-6-4-13(5-7-15)8-9(10(16)17)14-20-13/h4-8H2,1-3H3,(H,16,17). The molecule has 7 nitrogen and oxygen atoms in total. The van der Waals surface area contributed by atoms with Gasteiger partial charge in [-0.25, -0.2) is 9.59 Å². The van der Waals surface area contributed by atoms with E-state index in [9.17, 15) is 9.59 Å². The van der Waals surface area contributed by atoms with E-state index in [1.54, 1.807) is 4.90 Å². The number of carbonyl (C=O) groups is 2. The summed E-state index contributed by atoms with van der Waals surface area (Å²) in [6, 6.07) is 0. The molecule has 1 spiro atoms. The van der Waals surface area contributed by atoms with Crippen LogP contribution in [0, 0.1) is 0 Å². The number of carbonyl (C=O) groups excluding carboxylic acids is 1. The van der Waals surface area contributed by atoms with Crippen molar-refractivity contribution in [3.05, 3.63) is 0 Å². The number of likely N-dealkylation sites (tertiary alicyclic amines) is 1. The summed E-state index contributed by atoms with van der Waals surface area (Å²) >= 11 is 0. The van der Waals surface area contributed by atoms with Gasteiger partial charge >= 0.3 is 12.1 Å². The fourth-order valence-corrected chi connectivity index (χ4v) is 2.33. The lowest BCUT2D eigenvalue weighted by molar-refractivity contribution is -0.129. The molecule has 0 saturated carbocycles. The molecule has 1 fully saturated rings. The molecule has 0 aromatic heterocycles. The van der Waals surface area contributed by atoms with Crippen LogP contribution in [0.3, 0.4) is 0 Å². The van der Waals surface area contributed by atoms with Gasteiger partial charge in [-0.05, 0) is 20.8 Å². The van der Waals surface area contributed by atoms with E-state index in [4.69, 9.17) is 14.7 Å². The van der Waals surface area contributed by atoms with Crippen LogP contribution in [-0.2, 0) is 14.4 Å². The molecule has 20 heavy (non-hydrogen) atoms. The van der Waals surface area contributed by atoms with E-state index in [1.807, 2.05) is 20.8 Å². The van der Waals surface area contributed by atoms with Crippen LogP contribution < -0.4 is 0 Å². The van der Waals surface area contributed by atoms with Gasteiger partial charge in [-0.1, -0.05) is 5.16 Å². The third kappa shape index (κ3) is 3.20. The molecule has 1 N–H and O–H groups in total. The van der Waals surface area contributed by atoms with Crippen LogP contribution in [0.25, 0.3) is 0 Å². The number of amides is 1. The smallest absolute Gasteiger partial charge is 0.410 e. The maximum atomic E-state index is 11.9. The van der Waals surface area contributed by atoms with Crippen molar-refractivity contribution in [2.75, 3.05) is 13.1 Å². The topological polar surface area (TPSA) is 88.4 Å². The van der Waals surface area contributed by atoms with Crippen molar-refractivity contribution in [2.45, 2.75) is 51.2 Å². The van der Waals surface area contributed by atoms with Crippen LogP contribution in [0.15, 0.2) is 5.16 Å². The molecule has 2 aliphatic rings. The van der Waals surface area contributed by atoms with E-state index in [2.05, 4.69) is 5.16 Å². The first-order valence-electron chi connectivity index (χ1n) is 6.67. The summed E-state index contributed by atoms with van der Waals surface area (Å²) in [6.07, 6.45) is 1.08. The van der Waals surface area contributed by atoms with E-state index in [1.165, 1.54) is 0 Å². The normalized spacial score (nSPS) is 21.4. The predicted octanol–water partition coefficient (Wildman–Crippen LogP) is 1.62. The molecule has 1 amide bonds.